The van der Waals surface area contributed by atoms with Gasteiger partial charge in [-0.3, -0.25) is 0 Å². The number of imidazole rings is 1. The summed E-state index contributed by atoms with van der Waals surface area (Å²) < 4.78 is 2.12. The maximum atomic E-state index is 4.32. The van der Waals surface area contributed by atoms with Crippen molar-refractivity contribution in [1.82, 2.24) is 14.5 Å². The molecule has 1 unspecified atom stereocenters. The topological polar surface area (TPSA) is 42.7 Å². The van der Waals surface area contributed by atoms with E-state index in [0.29, 0.717) is 6.04 Å². The Morgan fingerprint density at radius 3 is 2.69 bits per heavy atom. The Labute approximate surface area is 99.4 Å². The lowest BCUT2D eigenvalue weighted by Gasteiger charge is -2.16. The summed E-state index contributed by atoms with van der Waals surface area (Å²) in [5.41, 5.74) is 0. The number of hydrogen-bond acceptors (Lipinski definition) is 4. The third-order valence-corrected chi connectivity index (χ3v) is 3.35. The third kappa shape index (κ3) is 2.24. The van der Waals surface area contributed by atoms with E-state index in [2.05, 4.69) is 40.6 Å². The molecule has 0 fully saturated rings. The largest absolute Gasteiger partial charge is 0.347 e. The van der Waals surface area contributed by atoms with Gasteiger partial charge in [-0.2, -0.15) is 0 Å². The number of anilines is 1. The van der Waals surface area contributed by atoms with Crippen LogP contribution in [0, 0.1) is 0 Å². The first-order chi connectivity index (χ1) is 7.68. The SMILES string of the molecule is CC(Nc1nccn1C(C)C)c1nccs1. The van der Waals surface area contributed by atoms with E-state index in [1.54, 1.807) is 11.3 Å². The van der Waals surface area contributed by atoms with Crippen LogP contribution in [-0.4, -0.2) is 14.5 Å². The minimum atomic E-state index is 0.194. The van der Waals surface area contributed by atoms with Gasteiger partial charge in [0, 0.05) is 30.0 Å². The van der Waals surface area contributed by atoms with Crippen molar-refractivity contribution in [2.45, 2.75) is 32.9 Å². The Bertz CT molecular complexity index is 433. The van der Waals surface area contributed by atoms with Crippen LogP contribution >= 0.6 is 11.3 Å². The number of rotatable bonds is 4. The van der Waals surface area contributed by atoms with Gasteiger partial charge in [0.15, 0.2) is 0 Å². The summed E-state index contributed by atoms with van der Waals surface area (Å²) in [5.74, 6) is 0.901. The van der Waals surface area contributed by atoms with Crippen molar-refractivity contribution >= 4 is 17.3 Å². The Kier molecular flexibility index (Phi) is 3.24. The average Bonchev–Trinajstić information content (AvgIpc) is 2.86. The molecule has 4 nitrogen and oxygen atoms in total. The quantitative estimate of drug-likeness (QED) is 0.887. The van der Waals surface area contributed by atoms with E-state index in [1.165, 1.54) is 0 Å². The van der Waals surface area contributed by atoms with Crippen molar-refractivity contribution in [2.75, 3.05) is 5.32 Å². The van der Waals surface area contributed by atoms with Crippen LogP contribution in [-0.2, 0) is 0 Å². The number of thiazole rings is 1. The Hall–Kier alpha value is -1.36. The second-order valence-electron chi connectivity index (χ2n) is 3.99. The van der Waals surface area contributed by atoms with Crippen LogP contribution in [0.5, 0.6) is 0 Å². The van der Waals surface area contributed by atoms with Gasteiger partial charge in [-0.15, -0.1) is 11.3 Å². The first-order valence-corrected chi connectivity index (χ1v) is 6.25. The van der Waals surface area contributed by atoms with Crippen LogP contribution in [0.15, 0.2) is 24.0 Å². The van der Waals surface area contributed by atoms with Crippen LogP contribution < -0.4 is 5.32 Å². The second-order valence-corrected chi connectivity index (χ2v) is 4.91. The highest BCUT2D eigenvalue weighted by molar-refractivity contribution is 7.09. The van der Waals surface area contributed by atoms with E-state index < -0.39 is 0 Å². The summed E-state index contributed by atoms with van der Waals surface area (Å²) in [6.45, 7) is 6.38. The molecule has 16 heavy (non-hydrogen) atoms. The number of nitrogens with one attached hydrogen (secondary N) is 1. The van der Waals surface area contributed by atoms with E-state index in [0.717, 1.165) is 11.0 Å². The van der Waals surface area contributed by atoms with Gasteiger partial charge in [0.25, 0.3) is 0 Å². The van der Waals surface area contributed by atoms with Crippen molar-refractivity contribution in [3.05, 3.63) is 29.0 Å². The van der Waals surface area contributed by atoms with Crippen LogP contribution in [0.25, 0.3) is 0 Å². The molecule has 0 radical (unpaired) electrons. The molecule has 5 heteroatoms. The first kappa shape index (κ1) is 11.1. The minimum absolute atomic E-state index is 0.194. The highest BCUT2D eigenvalue weighted by atomic mass is 32.1. The van der Waals surface area contributed by atoms with E-state index in [1.807, 2.05) is 24.0 Å². The van der Waals surface area contributed by atoms with Crippen molar-refractivity contribution in [1.29, 1.82) is 0 Å². The van der Waals surface area contributed by atoms with Gasteiger partial charge >= 0.3 is 0 Å². The van der Waals surface area contributed by atoms with Crippen LogP contribution in [0.1, 0.15) is 37.9 Å². The van der Waals surface area contributed by atoms with Gasteiger partial charge in [-0.25, -0.2) is 9.97 Å². The predicted molar refractivity (Wildman–Crippen MR) is 66.8 cm³/mol. The van der Waals surface area contributed by atoms with E-state index in [-0.39, 0.29) is 6.04 Å². The maximum Gasteiger partial charge on any atom is 0.203 e. The van der Waals surface area contributed by atoms with Crippen molar-refractivity contribution in [2.24, 2.45) is 0 Å². The van der Waals surface area contributed by atoms with Gasteiger partial charge in [-0.1, -0.05) is 0 Å². The van der Waals surface area contributed by atoms with Crippen molar-refractivity contribution in [3.8, 4) is 0 Å². The molecule has 2 aromatic heterocycles. The molecule has 0 spiro atoms. The zero-order valence-electron chi connectivity index (χ0n) is 9.71. The van der Waals surface area contributed by atoms with E-state index >= 15 is 0 Å². The molecular formula is C11H16N4S. The number of aromatic nitrogens is 3. The van der Waals surface area contributed by atoms with Gasteiger partial charge < -0.3 is 9.88 Å². The molecule has 0 saturated carbocycles. The highest BCUT2D eigenvalue weighted by Crippen LogP contribution is 2.21. The third-order valence-electron chi connectivity index (χ3n) is 2.39. The van der Waals surface area contributed by atoms with E-state index in [4.69, 9.17) is 0 Å². The first-order valence-electron chi connectivity index (χ1n) is 5.37. The van der Waals surface area contributed by atoms with Crippen LogP contribution in [0.4, 0.5) is 5.95 Å². The molecule has 0 aliphatic rings. The fourth-order valence-corrected chi connectivity index (χ4v) is 2.19. The Balaban J connectivity index is 2.12. The molecule has 0 aromatic carbocycles. The Morgan fingerprint density at radius 2 is 2.06 bits per heavy atom. The van der Waals surface area contributed by atoms with Crippen LogP contribution in [0.2, 0.25) is 0 Å². The second kappa shape index (κ2) is 4.65. The molecule has 0 bridgehead atoms. The molecule has 2 heterocycles. The lowest BCUT2D eigenvalue weighted by molar-refractivity contribution is 0.600. The smallest absolute Gasteiger partial charge is 0.203 e. The fourth-order valence-electron chi connectivity index (χ4n) is 1.55. The van der Waals surface area contributed by atoms with Gasteiger partial charge in [0.2, 0.25) is 5.95 Å². The lowest BCUT2D eigenvalue weighted by Crippen LogP contribution is -2.12. The molecule has 0 amide bonds. The minimum Gasteiger partial charge on any atom is -0.347 e. The molecule has 1 N–H and O–H groups in total. The van der Waals surface area contributed by atoms with Crippen LogP contribution in [0.3, 0.4) is 0 Å². The van der Waals surface area contributed by atoms with Crippen molar-refractivity contribution in [3.63, 3.8) is 0 Å². The molecule has 2 aromatic rings. The molecule has 86 valence electrons. The normalized spacial score (nSPS) is 13.0. The number of hydrogen-bond donors (Lipinski definition) is 1. The number of nitrogens with zero attached hydrogens (tertiary/aromatic N) is 3. The summed E-state index contributed by atoms with van der Waals surface area (Å²) in [5, 5.41) is 6.44. The summed E-state index contributed by atoms with van der Waals surface area (Å²) in [7, 11) is 0. The summed E-state index contributed by atoms with van der Waals surface area (Å²) in [4.78, 5) is 8.61. The predicted octanol–water partition coefficient (Wildman–Crippen LogP) is 3.09. The van der Waals surface area contributed by atoms with E-state index in [9.17, 15) is 0 Å². The zero-order chi connectivity index (χ0) is 11.5. The molecule has 0 saturated heterocycles. The zero-order valence-corrected chi connectivity index (χ0v) is 10.5. The molecule has 1 atom stereocenters. The summed E-state index contributed by atoms with van der Waals surface area (Å²) >= 11 is 1.66. The maximum absolute atomic E-state index is 4.32. The lowest BCUT2D eigenvalue weighted by atomic mass is 10.3. The Morgan fingerprint density at radius 1 is 1.25 bits per heavy atom. The summed E-state index contributed by atoms with van der Waals surface area (Å²) in [6, 6.07) is 0.605. The average molecular weight is 236 g/mol. The molecule has 2 rings (SSSR count). The summed E-state index contributed by atoms with van der Waals surface area (Å²) in [6.07, 6.45) is 5.63. The fraction of sp³-hybridized carbons (Fsp3) is 0.455. The van der Waals surface area contributed by atoms with Crippen molar-refractivity contribution < 1.29 is 0 Å². The molecule has 0 aliphatic carbocycles. The highest BCUT2D eigenvalue weighted by Gasteiger charge is 2.12. The standard InChI is InChI=1S/C11H16N4S/c1-8(2)15-6-4-13-11(15)14-9(3)10-12-5-7-16-10/h4-9H,1-3H3,(H,13,14). The van der Waals surface area contributed by atoms with Gasteiger partial charge in [-0.05, 0) is 20.8 Å². The monoisotopic (exact) mass is 236 g/mol. The molecule has 0 aliphatic heterocycles. The molecular weight excluding hydrogens is 220 g/mol. The van der Waals surface area contributed by atoms with Gasteiger partial charge in [0.1, 0.15) is 5.01 Å². The van der Waals surface area contributed by atoms with Gasteiger partial charge in [0.05, 0.1) is 6.04 Å².